The molecule has 0 aromatic carbocycles. The summed E-state index contributed by atoms with van der Waals surface area (Å²) in [7, 11) is 1.77. The van der Waals surface area contributed by atoms with Crippen molar-refractivity contribution < 1.29 is 4.74 Å². The molecule has 3 heteroatoms. The van der Waals surface area contributed by atoms with E-state index in [1.807, 2.05) is 11.8 Å². The van der Waals surface area contributed by atoms with Crippen LogP contribution in [0.3, 0.4) is 0 Å². The summed E-state index contributed by atoms with van der Waals surface area (Å²) in [5.41, 5.74) is 0. The molecule has 0 unspecified atom stereocenters. The predicted molar refractivity (Wildman–Crippen MR) is 66.2 cm³/mol. The van der Waals surface area contributed by atoms with Crippen molar-refractivity contribution in [2.75, 3.05) is 38.3 Å². The Hall–Kier alpha value is 0.270. The highest BCUT2D eigenvalue weighted by Gasteiger charge is 1.91. The van der Waals surface area contributed by atoms with Crippen molar-refractivity contribution in [1.82, 2.24) is 5.32 Å². The maximum Gasteiger partial charge on any atom is 0.0470 e. The van der Waals surface area contributed by atoms with E-state index in [1.165, 1.54) is 50.3 Å². The van der Waals surface area contributed by atoms with Gasteiger partial charge in [-0.15, -0.1) is 0 Å². The summed E-state index contributed by atoms with van der Waals surface area (Å²) in [6, 6.07) is 0. The van der Waals surface area contributed by atoms with Crippen LogP contribution >= 0.6 is 11.8 Å². The van der Waals surface area contributed by atoms with Gasteiger partial charge in [-0.2, -0.15) is 11.8 Å². The number of methoxy groups -OCH3 is 1. The van der Waals surface area contributed by atoms with Gasteiger partial charge in [0.05, 0.1) is 0 Å². The second-order valence-electron chi connectivity index (χ2n) is 3.42. The molecule has 0 bridgehead atoms. The van der Waals surface area contributed by atoms with Gasteiger partial charge in [0, 0.05) is 13.7 Å². The van der Waals surface area contributed by atoms with Crippen molar-refractivity contribution >= 4 is 11.8 Å². The minimum atomic E-state index is 0.908. The molecule has 86 valence electrons. The van der Waals surface area contributed by atoms with Gasteiger partial charge < -0.3 is 10.1 Å². The lowest BCUT2D eigenvalue weighted by atomic mass is 10.3. The highest BCUT2D eigenvalue weighted by Crippen LogP contribution is 2.05. The second-order valence-corrected chi connectivity index (χ2v) is 4.64. The molecule has 2 nitrogen and oxygen atoms in total. The summed E-state index contributed by atoms with van der Waals surface area (Å²) >= 11 is 2.05. The number of nitrogens with one attached hydrogen (secondary N) is 1. The van der Waals surface area contributed by atoms with E-state index in [1.54, 1.807) is 7.11 Å². The minimum Gasteiger partial charge on any atom is -0.385 e. The van der Waals surface area contributed by atoms with Gasteiger partial charge in [0.15, 0.2) is 0 Å². The van der Waals surface area contributed by atoms with Crippen LogP contribution < -0.4 is 5.32 Å². The molecule has 0 heterocycles. The Morgan fingerprint density at radius 1 is 1.07 bits per heavy atom. The first kappa shape index (κ1) is 14.3. The Labute approximate surface area is 93.2 Å². The van der Waals surface area contributed by atoms with Crippen LogP contribution in [0.2, 0.25) is 0 Å². The zero-order valence-electron chi connectivity index (χ0n) is 9.68. The van der Waals surface area contributed by atoms with Crippen LogP contribution in [-0.2, 0) is 4.74 Å². The van der Waals surface area contributed by atoms with Crippen LogP contribution in [0.25, 0.3) is 0 Å². The molecule has 0 aliphatic carbocycles. The van der Waals surface area contributed by atoms with Crippen LogP contribution in [0.1, 0.15) is 32.6 Å². The number of ether oxygens (including phenoxy) is 1. The number of unbranched alkanes of at least 4 members (excludes halogenated alkanes) is 1. The van der Waals surface area contributed by atoms with Gasteiger partial charge in [-0.1, -0.05) is 6.92 Å². The SMILES string of the molecule is CCCNCCCCSCCCOC. The summed E-state index contributed by atoms with van der Waals surface area (Å²) in [6.07, 6.45) is 5.09. The van der Waals surface area contributed by atoms with Crippen molar-refractivity contribution in [1.29, 1.82) is 0 Å². The number of hydrogen-bond donors (Lipinski definition) is 1. The van der Waals surface area contributed by atoms with Gasteiger partial charge in [0.25, 0.3) is 0 Å². The van der Waals surface area contributed by atoms with Crippen LogP contribution in [0.5, 0.6) is 0 Å². The zero-order valence-corrected chi connectivity index (χ0v) is 10.5. The minimum absolute atomic E-state index is 0.908. The van der Waals surface area contributed by atoms with Crippen LogP contribution in [0.15, 0.2) is 0 Å². The lowest BCUT2D eigenvalue weighted by Gasteiger charge is -2.03. The lowest BCUT2D eigenvalue weighted by Crippen LogP contribution is -2.15. The van der Waals surface area contributed by atoms with Gasteiger partial charge in [-0.3, -0.25) is 0 Å². The molecular weight excluding hydrogens is 194 g/mol. The second kappa shape index (κ2) is 13.3. The van der Waals surface area contributed by atoms with E-state index in [9.17, 15) is 0 Å². The largest absolute Gasteiger partial charge is 0.385 e. The standard InChI is InChI=1S/C11H25NOS/c1-3-7-12-8-4-5-10-14-11-6-9-13-2/h12H,3-11H2,1-2H3. The summed E-state index contributed by atoms with van der Waals surface area (Å²) in [6.45, 7) is 5.47. The molecule has 1 N–H and O–H groups in total. The third-order valence-corrected chi connectivity index (χ3v) is 3.11. The Kier molecular flexibility index (Phi) is 13.5. The fourth-order valence-corrected chi connectivity index (χ4v) is 2.10. The third-order valence-electron chi connectivity index (χ3n) is 1.96. The molecule has 0 aliphatic heterocycles. The first-order valence-electron chi connectivity index (χ1n) is 5.69. The van der Waals surface area contributed by atoms with E-state index in [0.717, 1.165) is 6.61 Å². The highest BCUT2D eigenvalue weighted by molar-refractivity contribution is 7.99. The number of thioether (sulfide) groups is 1. The van der Waals surface area contributed by atoms with Gasteiger partial charge in [0.2, 0.25) is 0 Å². The van der Waals surface area contributed by atoms with Crippen molar-refractivity contribution in [2.24, 2.45) is 0 Å². The fourth-order valence-electron chi connectivity index (χ4n) is 1.16. The topological polar surface area (TPSA) is 21.3 Å². The molecule has 0 saturated heterocycles. The van der Waals surface area contributed by atoms with E-state index in [2.05, 4.69) is 12.2 Å². The van der Waals surface area contributed by atoms with Crippen molar-refractivity contribution in [3.63, 3.8) is 0 Å². The highest BCUT2D eigenvalue weighted by atomic mass is 32.2. The molecule has 0 spiro atoms. The predicted octanol–water partition coefficient (Wildman–Crippen LogP) is 2.54. The van der Waals surface area contributed by atoms with E-state index in [4.69, 9.17) is 4.74 Å². The van der Waals surface area contributed by atoms with Crippen LogP contribution in [0.4, 0.5) is 0 Å². The van der Waals surface area contributed by atoms with E-state index in [-0.39, 0.29) is 0 Å². The molecule has 0 aliphatic rings. The molecule has 0 atom stereocenters. The van der Waals surface area contributed by atoms with Gasteiger partial charge in [-0.25, -0.2) is 0 Å². The monoisotopic (exact) mass is 219 g/mol. The Morgan fingerprint density at radius 2 is 1.86 bits per heavy atom. The molecule has 0 radical (unpaired) electrons. The van der Waals surface area contributed by atoms with E-state index >= 15 is 0 Å². The zero-order chi connectivity index (χ0) is 10.5. The molecule has 0 aromatic heterocycles. The Balaban J connectivity index is 2.78. The number of rotatable bonds is 11. The van der Waals surface area contributed by atoms with Crippen LogP contribution in [-0.4, -0.2) is 38.3 Å². The van der Waals surface area contributed by atoms with Crippen LogP contribution in [0, 0.1) is 0 Å². The maximum absolute atomic E-state index is 4.99. The fraction of sp³-hybridized carbons (Fsp3) is 1.00. The van der Waals surface area contributed by atoms with E-state index in [0.29, 0.717) is 0 Å². The van der Waals surface area contributed by atoms with Gasteiger partial charge in [-0.05, 0) is 50.3 Å². The summed E-state index contributed by atoms with van der Waals surface area (Å²) in [4.78, 5) is 0. The first-order chi connectivity index (χ1) is 6.91. The number of hydrogen-bond acceptors (Lipinski definition) is 3. The summed E-state index contributed by atoms with van der Waals surface area (Å²) in [5.74, 6) is 2.55. The van der Waals surface area contributed by atoms with Crippen molar-refractivity contribution in [2.45, 2.75) is 32.6 Å². The Bertz CT molecular complexity index is 89.3. The summed E-state index contributed by atoms with van der Waals surface area (Å²) in [5, 5.41) is 3.42. The van der Waals surface area contributed by atoms with Crippen molar-refractivity contribution in [3.8, 4) is 0 Å². The average Bonchev–Trinajstić information content (AvgIpc) is 2.21. The molecule has 14 heavy (non-hydrogen) atoms. The molecule has 0 aromatic rings. The summed E-state index contributed by atoms with van der Waals surface area (Å²) < 4.78 is 4.99. The molecular formula is C11H25NOS. The normalized spacial score (nSPS) is 10.7. The first-order valence-corrected chi connectivity index (χ1v) is 6.84. The third kappa shape index (κ3) is 12.3. The van der Waals surface area contributed by atoms with Crippen molar-refractivity contribution in [3.05, 3.63) is 0 Å². The molecule has 0 saturated carbocycles. The smallest absolute Gasteiger partial charge is 0.0470 e. The maximum atomic E-state index is 4.99. The Morgan fingerprint density at radius 3 is 2.57 bits per heavy atom. The molecule has 0 fully saturated rings. The average molecular weight is 219 g/mol. The molecule has 0 amide bonds. The quantitative estimate of drug-likeness (QED) is 0.540. The lowest BCUT2D eigenvalue weighted by molar-refractivity contribution is 0.200. The van der Waals surface area contributed by atoms with Gasteiger partial charge >= 0.3 is 0 Å². The van der Waals surface area contributed by atoms with Gasteiger partial charge in [0.1, 0.15) is 0 Å². The molecule has 0 rings (SSSR count). The van der Waals surface area contributed by atoms with E-state index < -0.39 is 0 Å².